The fraction of sp³-hybridized carbons (Fsp3) is 0.636. The van der Waals surface area contributed by atoms with Crippen molar-refractivity contribution in [3.8, 4) is 0 Å². The maximum atomic E-state index is 13.8. The minimum absolute atomic E-state index is 0.659. The molecule has 2 rings (SSSR count). The Morgan fingerprint density at radius 2 is 1.94 bits per heavy atom. The first-order chi connectivity index (χ1) is 14.8. The molecule has 16 nitrogen and oxygen atoms in total. The molecule has 1 aromatic rings. The second kappa shape index (κ2) is 10.3. The number of alkyl halides is 2. The number of rotatable bonds is 11. The molecule has 5 N–H and O–H groups in total. The van der Waals surface area contributed by atoms with Crippen molar-refractivity contribution in [1.29, 1.82) is 0 Å². The summed E-state index contributed by atoms with van der Waals surface area (Å²) in [6, 6.07) is 0.873. The molecule has 0 amide bonds. The molecule has 1 fully saturated rings. The van der Waals surface area contributed by atoms with Gasteiger partial charge >= 0.3 is 29.6 Å². The van der Waals surface area contributed by atoms with Gasteiger partial charge in [0.2, 0.25) is 0 Å². The van der Waals surface area contributed by atoms with E-state index in [2.05, 4.69) is 17.8 Å². The summed E-state index contributed by atoms with van der Waals surface area (Å²) < 4.78 is 82.2. The molecule has 1 aromatic heterocycles. The Morgan fingerprint density at radius 1 is 1.28 bits per heavy atom. The maximum absolute atomic E-state index is 13.8. The molecule has 0 radical (unpaired) electrons. The number of aliphatic hydroxyl groups is 1. The summed E-state index contributed by atoms with van der Waals surface area (Å²) in [6.45, 7) is -4.13. The number of hydrogen-bond acceptors (Lipinski definition) is 12. The Kier molecular flexibility index (Phi) is 8.72. The third-order valence-electron chi connectivity index (χ3n) is 4.09. The summed E-state index contributed by atoms with van der Waals surface area (Å²) in [5.41, 5.74) is -4.33. The number of aromatic nitrogens is 2. The first-order valence-electron chi connectivity index (χ1n) is 8.09. The van der Waals surface area contributed by atoms with Gasteiger partial charge in [-0.2, -0.15) is 4.31 Å². The molecule has 2 heterocycles. The third-order valence-corrected chi connectivity index (χ3v) is 7.65. The Balaban J connectivity index is 2.17. The standard InChI is InChI=1S/C11H15F2N2O14P3/c12-3-6-8(17)11(4-13,26-9(6)15-2-1-7(16)14-10(15)18)5-25-30(20)28-32(23,24)29-31(21,22)27-19/h1-2,6,8-9,17H,3-5H2,(H3-,14,16,18,19,21,22,23,24)/p+1/t6-,8-,9+,11+/m0/s1. The van der Waals surface area contributed by atoms with E-state index in [1.165, 1.54) is 0 Å². The molecule has 3 unspecified atom stereocenters. The quantitative estimate of drug-likeness (QED) is 0.145. The van der Waals surface area contributed by atoms with Crippen molar-refractivity contribution in [1.82, 2.24) is 9.55 Å². The van der Waals surface area contributed by atoms with Gasteiger partial charge in [0.15, 0.2) is 5.60 Å². The summed E-state index contributed by atoms with van der Waals surface area (Å²) in [4.78, 5) is 42.9. The fourth-order valence-corrected chi connectivity index (χ4v) is 5.43. The number of aliphatic hydroxyl groups excluding tert-OH is 1. The van der Waals surface area contributed by atoms with Crippen LogP contribution >= 0.6 is 23.9 Å². The SMILES string of the molecule is O=c1ccn([C@@H]2O[C@](CF)(CO[P+](=O)OP(=O)(O)OP(=O)(O)OO)[C@@H](O)[C@@H]2CF)c(=O)[nH]1. The number of phosphoric acid groups is 2. The highest BCUT2D eigenvalue weighted by molar-refractivity contribution is 7.64. The largest absolute Gasteiger partial charge is 0.708 e. The van der Waals surface area contributed by atoms with E-state index in [0.29, 0.717) is 4.57 Å². The van der Waals surface area contributed by atoms with Crippen molar-refractivity contribution in [2.75, 3.05) is 20.0 Å². The van der Waals surface area contributed by atoms with Crippen LogP contribution in [-0.2, 0) is 36.3 Å². The van der Waals surface area contributed by atoms with Gasteiger partial charge in [-0.15, -0.1) is 9.20 Å². The third kappa shape index (κ3) is 6.20. The molecule has 7 atom stereocenters. The van der Waals surface area contributed by atoms with Crippen LogP contribution in [0.2, 0.25) is 0 Å². The predicted octanol–water partition coefficient (Wildman–Crippen LogP) is 0.118. The van der Waals surface area contributed by atoms with Crippen LogP contribution in [-0.4, -0.2) is 61.4 Å². The monoisotopic (exact) mass is 531 g/mol. The average molecular weight is 531 g/mol. The van der Waals surface area contributed by atoms with E-state index >= 15 is 0 Å². The van der Waals surface area contributed by atoms with E-state index < -0.39 is 79.0 Å². The summed E-state index contributed by atoms with van der Waals surface area (Å²) >= 11 is 0. The Hall–Kier alpha value is -1.26. The zero-order chi connectivity index (χ0) is 24.3. The van der Waals surface area contributed by atoms with Crippen LogP contribution in [0.4, 0.5) is 8.78 Å². The molecule has 1 saturated heterocycles. The average Bonchev–Trinajstić information content (AvgIpc) is 2.97. The van der Waals surface area contributed by atoms with Crippen molar-refractivity contribution >= 4 is 23.9 Å². The highest BCUT2D eigenvalue weighted by Crippen LogP contribution is 2.63. The normalized spacial score (nSPS) is 29.9. The van der Waals surface area contributed by atoms with Gasteiger partial charge < -0.3 is 14.7 Å². The van der Waals surface area contributed by atoms with Crippen molar-refractivity contribution in [3.05, 3.63) is 33.1 Å². The second-order valence-corrected chi connectivity index (χ2v) is 10.2. The first kappa shape index (κ1) is 27.0. The van der Waals surface area contributed by atoms with Gasteiger partial charge in [0, 0.05) is 16.8 Å². The molecule has 0 aromatic carbocycles. The number of nitrogens with zero attached hydrogens (tertiary/aromatic N) is 1. The number of ether oxygens (including phenoxy) is 1. The van der Waals surface area contributed by atoms with Crippen LogP contribution < -0.4 is 11.2 Å². The van der Waals surface area contributed by atoms with E-state index in [1.807, 2.05) is 4.98 Å². The molecular weight excluding hydrogens is 515 g/mol. The number of nitrogens with one attached hydrogen (secondary N) is 1. The molecule has 32 heavy (non-hydrogen) atoms. The van der Waals surface area contributed by atoms with Crippen LogP contribution in [0, 0.1) is 5.92 Å². The predicted molar refractivity (Wildman–Crippen MR) is 94.7 cm³/mol. The van der Waals surface area contributed by atoms with Gasteiger partial charge in [-0.1, -0.05) is 0 Å². The Labute approximate surface area is 176 Å². The van der Waals surface area contributed by atoms with Crippen LogP contribution in [0.1, 0.15) is 6.23 Å². The lowest BCUT2D eigenvalue weighted by molar-refractivity contribution is -0.157. The van der Waals surface area contributed by atoms with E-state index in [9.17, 15) is 42.1 Å². The van der Waals surface area contributed by atoms with E-state index in [1.54, 1.807) is 0 Å². The highest BCUT2D eigenvalue weighted by atomic mass is 31.3. The lowest BCUT2D eigenvalue weighted by Gasteiger charge is -2.26. The van der Waals surface area contributed by atoms with Crippen LogP contribution in [0.3, 0.4) is 0 Å². The summed E-state index contributed by atoms with van der Waals surface area (Å²) in [6.07, 6.45) is -2.76. The van der Waals surface area contributed by atoms with Crippen molar-refractivity contribution in [2.24, 2.45) is 5.92 Å². The zero-order valence-corrected chi connectivity index (χ0v) is 18.1. The van der Waals surface area contributed by atoms with Gasteiger partial charge in [0.1, 0.15) is 19.5 Å². The second-order valence-electron chi connectivity index (χ2n) is 6.17. The lowest BCUT2D eigenvalue weighted by atomic mass is 9.92. The highest BCUT2D eigenvalue weighted by Gasteiger charge is 2.58. The molecule has 0 saturated carbocycles. The molecular formula is C11H16F2N2O14P3+. The van der Waals surface area contributed by atoms with E-state index in [0.717, 1.165) is 12.3 Å². The van der Waals surface area contributed by atoms with Gasteiger partial charge in [0.05, 0.1) is 18.7 Å². The van der Waals surface area contributed by atoms with Crippen LogP contribution in [0.5, 0.6) is 0 Å². The van der Waals surface area contributed by atoms with Crippen LogP contribution in [0.15, 0.2) is 21.9 Å². The molecule has 0 spiro atoms. The summed E-state index contributed by atoms with van der Waals surface area (Å²) in [5, 5.41) is 18.4. The molecule has 0 bridgehead atoms. The number of H-pyrrole nitrogens is 1. The molecule has 0 aliphatic carbocycles. The molecule has 1 aliphatic rings. The van der Waals surface area contributed by atoms with Crippen molar-refractivity contribution in [2.45, 2.75) is 17.9 Å². The molecule has 21 heteroatoms. The summed E-state index contributed by atoms with van der Waals surface area (Å²) in [7, 11) is -14.8. The first-order valence-corrected chi connectivity index (χ1v) is 12.2. The lowest BCUT2D eigenvalue weighted by Crippen LogP contribution is -2.47. The maximum Gasteiger partial charge on any atom is 0.708 e. The smallest absolute Gasteiger partial charge is 0.389 e. The van der Waals surface area contributed by atoms with Gasteiger partial charge in [0.25, 0.3) is 5.56 Å². The number of halogens is 2. The van der Waals surface area contributed by atoms with Gasteiger partial charge in [-0.3, -0.25) is 23.6 Å². The van der Waals surface area contributed by atoms with Crippen molar-refractivity contribution in [3.63, 3.8) is 0 Å². The van der Waals surface area contributed by atoms with Gasteiger partial charge in [-0.25, -0.2) is 23.6 Å². The van der Waals surface area contributed by atoms with Crippen molar-refractivity contribution < 1.29 is 65.2 Å². The zero-order valence-electron chi connectivity index (χ0n) is 15.4. The Bertz CT molecular complexity index is 1050. The summed E-state index contributed by atoms with van der Waals surface area (Å²) in [5.74, 6) is -1.56. The number of hydrogen-bond donors (Lipinski definition) is 5. The fourth-order valence-electron chi connectivity index (χ4n) is 2.69. The van der Waals surface area contributed by atoms with E-state index in [-0.39, 0.29) is 0 Å². The number of aromatic amines is 1. The molecule has 1 aliphatic heterocycles. The topological polar surface area (TPSA) is 233 Å². The van der Waals surface area contributed by atoms with E-state index in [4.69, 9.17) is 14.9 Å². The minimum atomic E-state index is -5.63. The van der Waals surface area contributed by atoms with Gasteiger partial charge in [-0.05, 0) is 4.31 Å². The minimum Gasteiger partial charge on any atom is -0.389 e. The van der Waals surface area contributed by atoms with Crippen LogP contribution in [0.25, 0.3) is 0 Å². The molecule has 182 valence electrons. The Morgan fingerprint density at radius 3 is 2.47 bits per heavy atom.